The molecule has 0 saturated heterocycles. The third kappa shape index (κ3) is 8.34. The molecule has 174 valence electrons. The Labute approximate surface area is 195 Å². The number of benzene rings is 2. The summed E-state index contributed by atoms with van der Waals surface area (Å²) in [4.78, 5) is 24.4. The van der Waals surface area contributed by atoms with Crippen LogP contribution in [0, 0.1) is 11.3 Å². The van der Waals surface area contributed by atoms with Gasteiger partial charge in [0.15, 0.2) is 18.1 Å². The lowest BCUT2D eigenvalue weighted by Crippen LogP contribution is -2.25. The lowest BCUT2D eigenvalue weighted by Gasteiger charge is -2.11. The number of amides is 1. The Morgan fingerprint density at radius 2 is 1.82 bits per heavy atom. The van der Waals surface area contributed by atoms with Crippen LogP contribution in [0.4, 0.5) is 0 Å². The Morgan fingerprint density at radius 3 is 2.45 bits per heavy atom. The van der Waals surface area contributed by atoms with Crippen molar-refractivity contribution in [1.29, 1.82) is 5.26 Å². The highest BCUT2D eigenvalue weighted by atomic mass is 16.6. The minimum absolute atomic E-state index is 0.0174. The summed E-state index contributed by atoms with van der Waals surface area (Å²) < 4.78 is 16.2. The quantitative estimate of drug-likeness (QED) is 0.169. The number of hydrogen-bond acceptors (Lipinski definition) is 6. The van der Waals surface area contributed by atoms with Crippen LogP contribution in [0.1, 0.15) is 44.2 Å². The van der Waals surface area contributed by atoms with Crippen LogP contribution in [0.25, 0.3) is 6.08 Å². The molecular weight excluding hydrogens is 420 g/mol. The Hall–Kier alpha value is -3.79. The first-order valence-electron chi connectivity index (χ1n) is 11.0. The molecule has 7 nitrogen and oxygen atoms in total. The number of rotatable bonds is 12. The van der Waals surface area contributed by atoms with Gasteiger partial charge in [-0.15, -0.1) is 0 Å². The van der Waals surface area contributed by atoms with Gasteiger partial charge in [0.2, 0.25) is 0 Å². The maximum Gasteiger partial charge on any atom is 0.349 e. The van der Waals surface area contributed by atoms with E-state index in [1.807, 2.05) is 37.3 Å². The van der Waals surface area contributed by atoms with E-state index in [9.17, 15) is 14.9 Å². The summed E-state index contributed by atoms with van der Waals surface area (Å²) in [6.07, 6.45) is 5.30. The molecule has 0 saturated carbocycles. The smallest absolute Gasteiger partial charge is 0.349 e. The molecule has 2 aromatic rings. The van der Waals surface area contributed by atoms with Crippen molar-refractivity contribution in [3.63, 3.8) is 0 Å². The van der Waals surface area contributed by atoms with E-state index in [2.05, 4.69) is 12.2 Å². The monoisotopic (exact) mass is 450 g/mol. The fraction of sp³-hybridized carbons (Fsp3) is 0.346. The summed E-state index contributed by atoms with van der Waals surface area (Å²) in [5.41, 5.74) is 1.76. The number of nitriles is 1. The molecule has 0 unspecified atom stereocenters. The number of esters is 1. The Kier molecular flexibility index (Phi) is 10.5. The van der Waals surface area contributed by atoms with Crippen LogP contribution in [-0.4, -0.2) is 32.1 Å². The fourth-order valence-corrected chi connectivity index (χ4v) is 2.98. The van der Waals surface area contributed by atoms with E-state index in [1.165, 1.54) is 18.7 Å². The van der Waals surface area contributed by atoms with Crippen molar-refractivity contribution in [1.82, 2.24) is 5.32 Å². The van der Waals surface area contributed by atoms with Crippen LogP contribution in [0.3, 0.4) is 0 Å². The van der Waals surface area contributed by atoms with Crippen LogP contribution in [0.2, 0.25) is 0 Å². The SMILES string of the molecule is CCCCNC(=O)/C(C#N)=C/c1ccc(OC(=O)COc2ccc(CCC)cc2)c(OC)c1. The third-order valence-corrected chi connectivity index (χ3v) is 4.72. The van der Waals surface area contributed by atoms with Crippen LogP contribution >= 0.6 is 0 Å². The highest BCUT2D eigenvalue weighted by Crippen LogP contribution is 2.29. The zero-order valence-corrected chi connectivity index (χ0v) is 19.3. The second-order valence-corrected chi connectivity index (χ2v) is 7.35. The van der Waals surface area contributed by atoms with E-state index in [4.69, 9.17) is 14.2 Å². The molecule has 2 rings (SSSR count). The molecule has 0 aliphatic rings. The minimum Gasteiger partial charge on any atom is -0.493 e. The van der Waals surface area contributed by atoms with Gasteiger partial charge in [-0.3, -0.25) is 4.79 Å². The molecule has 0 aromatic heterocycles. The van der Waals surface area contributed by atoms with Gasteiger partial charge >= 0.3 is 5.97 Å². The Morgan fingerprint density at radius 1 is 1.06 bits per heavy atom. The maximum atomic E-state index is 12.2. The third-order valence-electron chi connectivity index (χ3n) is 4.72. The average molecular weight is 451 g/mol. The Balaban J connectivity index is 2.01. The van der Waals surface area contributed by atoms with Crippen molar-refractivity contribution in [2.24, 2.45) is 0 Å². The minimum atomic E-state index is -0.581. The Bertz CT molecular complexity index is 1010. The van der Waals surface area contributed by atoms with Gasteiger partial charge in [-0.25, -0.2) is 4.79 Å². The summed E-state index contributed by atoms with van der Waals surface area (Å²) in [5, 5.41) is 12.0. The molecule has 7 heteroatoms. The summed E-state index contributed by atoms with van der Waals surface area (Å²) in [7, 11) is 1.44. The number of hydrogen-bond donors (Lipinski definition) is 1. The van der Waals surface area contributed by atoms with E-state index in [-0.39, 0.29) is 17.9 Å². The van der Waals surface area contributed by atoms with Crippen molar-refractivity contribution in [3.8, 4) is 23.3 Å². The second-order valence-electron chi connectivity index (χ2n) is 7.35. The van der Waals surface area contributed by atoms with Crippen LogP contribution in [0.5, 0.6) is 17.2 Å². The molecule has 2 aromatic carbocycles. The molecular formula is C26H30N2O5. The average Bonchev–Trinajstić information content (AvgIpc) is 2.83. The number of aryl methyl sites for hydroxylation is 1. The van der Waals surface area contributed by atoms with Gasteiger partial charge in [0, 0.05) is 6.54 Å². The van der Waals surface area contributed by atoms with Crippen LogP contribution in [-0.2, 0) is 16.0 Å². The van der Waals surface area contributed by atoms with Gasteiger partial charge in [0.25, 0.3) is 5.91 Å². The number of carbonyl (C=O) groups excluding carboxylic acids is 2. The normalized spacial score (nSPS) is 10.8. The molecule has 0 fully saturated rings. The molecule has 0 heterocycles. The molecule has 33 heavy (non-hydrogen) atoms. The van der Waals surface area contributed by atoms with E-state index in [1.54, 1.807) is 18.2 Å². The first-order chi connectivity index (χ1) is 16.0. The number of unbranched alkanes of at least 4 members (excludes halogenated alkanes) is 1. The second kappa shape index (κ2) is 13.6. The van der Waals surface area contributed by atoms with Crippen molar-refractivity contribution < 1.29 is 23.8 Å². The summed E-state index contributed by atoms with van der Waals surface area (Å²) in [6, 6.07) is 14.3. The van der Waals surface area contributed by atoms with Gasteiger partial charge in [0.1, 0.15) is 17.4 Å². The van der Waals surface area contributed by atoms with Gasteiger partial charge in [-0.1, -0.05) is 44.9 Å². The van der Waals surface area contributed by atoms with Crippen molar-refractivity contribution in [3.05, 3.63) is 59.2 Å². The summed E-state index contributed by atoms with van der Waals surface area (Å²) >= 11 is 0. The maximum absolute atomic E-state index is 12.2. The van der Waals surface area contributed by atoms with Gasteiger partial charge in [-0.2, -0.15) is 5.26 Å². The predicted molar refractivity (Wildman–Crippen MR) is 126 cm³/mol. The molecule has 0 atom stereocenters. The lowest BCUT2D eigenvalue weighted by atomic mass is 10.1. The first-order valence-corrected chi connectivity index (χ1v) is 11.0. The summed E-state index contributed by atoms with van der Waals surface area (Å²) in [6.45, 7) is 4.39. The number of nitrogens with one attached hydrogen (secondary N) is 1. The number of nitrogens with zero attached hydrogens (tertiary/aromatic N) is 1. The van der Waals surface area contributed by atoms with Gasteiger partial charge in [-0.05, 0) is 54.3 Å². The fourth-order valence-electron chi connectivity index (χ4n) is 2.98. The van der Waals surface area contributed by atoms with Crippen LogP contribution in [0.15, 0.2) is 48.0 Å². The van der Waals surface area contributed by atoms with E-state index in [0.29, 0.717) is 23.6 Å². The molecule has 1 amide bonds. The number of carbonyl (C=O) groups is 2. The number of methoxy groups -OCH3 is 1. The molecule has 0 radical (unpaired) electrons. The van der Waals surface area contributed by atoms with E-state index >= 15 is 0 Å². The summed E-state index contributed by atoms with van der Waals surface area (Å²) in [5.74, 6) is 0.0835. The van der Waals surface area contributed by atoms with Gasteiger partial charge in [0.05, 0.1) is 7.11 Å². The highest BCUT2D eigenvalue weighted by Gasteiger charge is 2.13. The van der Waals surface area contributed by atoms with Crippen LogP contribution < -0.4 is 19.5 Å². The highest BCUT2D eigenvalue weighted by molar-refractivity contribution is 6.01. The molecule has 1 N–H and O–H groups in total. The van der Waals surface area contributed by atoms with Crippen molar-refractivity contribution in [2.75, 3.05) is 20.3 Å². The molecule has 0 aliphatic carbocycles. The first kappa shape index (κ1) is 25.5. The number of ether oxygens (including phenoxy) is 3. The topological polar surface area (TPSA) is 97.7 Å². The lowest BCUT2D eigenvalue weighted by molar-refractivity contribution is -0.136. The largest absolute Gasteiger partial charge is 0.493 e. The van der Waals surface area contributed by atoms with Gasteiger partial charge < -0.3 is 19.5 Å². The standard InChI is InChI=1S/C26H30N2O5/c1-4-6-14-28-26(30)21(17-27)15-20-10-13-23(24(16-20)31-3)33-25(29)18-32-22-11-8-19(7-5-2)9-12-22/h8-13,15-16H,4-7,14,18H2,1-3H3,(H,28,30)/b21-15+. The molecule has 0 aliphatic heterocycles. The van der Waals surface area contributed by atoms with Crippen molar-refractivity contribution in [2.45, 2.75) is 39.5 Å². The van der Waals surface area contributed by atoms with E-state index < -0.39 is 11.9 Å². The van der Waals surface area contributed by atoms with Crippen molar-refractivity contribution >= 4 is 18.0 Å². The zero-order valence-electron chi connectivity index (χ0n) is 19.3. The molecule has 0 spiro atoms. The molecule has 0 bridgehead atoms. The zero-order chi connectivity index (χ0) is 24.1. The predicted octanol–water partition coefficient (Wildman–Crippen LogP) is 4.46. The van der Waals surface area contributed by atoms with E-state index in [0.717, 1.165) is 25.7 Å².